The molecule has 0 bridgehead atoms. The van der Waals surface area contributed by atoms with Gasteiger partial charge < -0.3 is 5.73 Å². The Morgan fingerprint density at radius 2 is 1.75 bits per heavy atom. The fourth-order valence-corrected chi connectivity index (χ4v) is 2.96. The molecule has 2 fully saturated rings. The summed E-state index contributed by atoms with van der Waals surface area (Å²) in [6, 6.07) is 0.621. The summed E-state index contributed by atoms with van der Waals surface area (Å²) in [5, 5.41) is 4.53. The summed E-state index contributed by atoms with van der Waals surface area (Å²) >= 11 is 0. The number of nitrogen functional groups attached to an aromatic ring is 1. The molecule has 2 aliphatic carbocycles. The van der Waals surface area contributed by atoms with Crippen LogP contribution in [-0.4, -0.2) is 9.78 Å². The summed E-state index contributed by atoms with van der Waals surface area (Å²) in [5.41, 5.74) is 8.31. The van der Waals surface area contributed by atoms with Gasteiger partial charge in [0.2, 0.25) is 0 Å². The van der Waals surface area contributed by atoms with Crippen molar-refractivity contribution < 1.29 is 0 Å². The molecule has 2 saturated carbocycles. The molecule has 2 N–H and O–H groups in total. The third-order valence-electron chi connectivity index (χ3n) is 4.00. The quantitative estimate of drug-likeness (QED) is 0.776. The van der Waals surface area contributed by atoms with Crippen molar-refractivity contribution in [2.75, 3.05) is 5.73 Å². The molecule has 1 aromatic heterocycles. The molecule has 0 saturated heterocycles. The Morgan fingerprint density at radius 1 is 1.06 bits per heavy atom. The van der Waals surface area contributed by atoms with Gasteiger partial charge in [-0.15, -0.1) is 0 Å². The Balaban J connectivity index is 1.86. The first-order valence-corrected chi connectivity index (χ1v) is 6.69. The molecule has 1 heterocycles. The molecule has 3 heteroatoms. The number of nitrogens with zero attached hydrogens (tertiary/aromatic N) is 2. The van der Waals surface area contributed by atoms with Crippen LogP contribution >= 0.6 is 0 Å². The first-order chi connectivity index (χ1) is 7.86. The Kier molecular flexibility index (Phi) is 2.62. The maximum Gasteiger partial charge on any atom is 0.0736 e. The fraction of sp³-hybridized carbons (Fsp3) is 0.769. The highest BCUT2D eigenvalue weighted by molar-refractivity contribution is 5.45. The number of hydrogen-bond donors (Lipinski definition) is 1. The molecule has 16 heavy (non-hydrogen) atoms. The van der Waals surface area contributed by atoms with Crippen LogP contribution in [0.5, 0.6) is 0 Å². The minimum absolute atomic E-state index is 0.621. The van der Waals surface area contributed by atoms with E-state index in [1.165, 1.54) is 57.1 Å². The maximum atomic E-state index is 6.04. The van der Waals surface area contributed by atoms with E-state index >= 15 is 0 Å². The van der Waals surface area contributed by atoms with Gasteiger partial charge in [0.1, 0.15) is 0 Å². The number of aromatic nitrogens is 2. The minimum atomic E-state index is 0.621. The molecule has 88 valence electrons. The van der Waals surface area contributed by atoms with Gasteiger partial charge in [-0.1, -0.05) is 25.7 Å². The van der Waals surface area contributed by atoms with Crippen molar-refractivity contribution in [2.24, 2.45) is 0 Å². The third-order valence-corrected chi connectivity index (χ3v) is 4.00. The van der Waals surface area contributed by atoms with E-state index in [0.717, 1.165) is 5.69 Å². The zero-order valence-electron chi connectivity index (χ0n) is 9.86. The zero-order valence-corrected chi connectivity index (χ0v) is 9.86. The SMILES string of the molecule is Nc1cnn(C2CCCCCC2)c1C1CC1. The van der Waals surface area contributed by atoms with Crippen LogP contribution in [-0.2, 0) is 0 Å². The van der Waals surface area contributed by atoms with Crippen LogP contribution < -0.4 is 5.73 Å². The van der Waals surface area contributed by atoms with Gasteiger partial charge >= 0.3 is 0 Å². The maximum absolute atomic E-state index is 6.04. The van der Waals surface area contributed by atoms with E-state index in [1.54, 1.807) is 0 Å². The van der Waals surface area contributed by atoms with E-state index in [2.05, 4.69) is 9.78 Å². The molecule has 0 spiro atoms. The molecule has 0 amide bonds. The number of anilines is 1. The van der Waals surface area contributed by atoms with Crippen molar-refractivity contribution in [3.63, 3.8) is 0 Å². The molecule has 0 aromatic carbocycles. The van der Waals surface area contributed by atoms with Gasteiger partial charge in [0.15, 0.2) is 0 Å². The summed E-state index contributed by atoms with van der Waals surface area (Å²) in [6.07, 6.45) is 12.6. The standard InChI is InChI=1S/C13H21N3/c14-12-9-15-16(13(12)10-7-8-10)11-5-3-1-2-4-6-11/h9-11H,1-8,14H2. The Morgan fingerprint density at radius 3 is 2.38 bits per heavy atom. The normalized spacial score (nSPS) is 23.2. The number of hydrogen-bond acceptors (Lipinski definition) is 2. The van der Waals surface area contributed by atoms with Crippen LogP contribution in [0.15, 0.2) is 6.20 Å². The van der Waals surface area contributed by atoms with Gasteiger partial charge in [0.05, 0.1) is 23.6 Å². The van der Waals surface area contributed by atoms with Crippen LogP contribution in [0.2, 0.25) is 0 Å². The highest BCUT2D eigenvalue weighted by atomic mass is 15.3. The fourth-order valence-electron chi connectivity index (χ4n) is 2.96. The van der Waals surface area contributed by atoms with Crippen LogP contribution in [0.4, 0.5) is 5.69 Å². The summed E-state index contributed by atoms with van der Waals surface area (Å²) < 4.78 is 2.26. The smallest absolute Gasteiger partial charge is 0.0736 e. The van der Waals surface area contributed by atoms with E-state index in [4.69, 9.17) is 5.73 Å². The summed E-state index contributed by atoms with van der Waals surface area (Å²) in [5.74, 6) is 0.714. The molecule has 0 radical (unpaired) electrons. The van der Waals surface area contributed by atoms with E-state index in [-0.39, 0.29) is 0 Å². The third kappa shape index (κ3) is 1.83. The summed E-state index contributed by atoms with van der Waals surface area (Å²) in [7, 11) is 0. The summed E-state index contributed by atoms with van der Waals surface area (Å²) in [4.78, 5) is 0. The molecule has 1 aromatic rings. The van der Waals surface area contributed by atoms with Gasteiger partial charge in [-0.05, 0) is 25.7 Å². The molecule has 0 atom stereocenters. The molecular weight excluding hydrogens is 198 g/mol. The Labute approximate surface area is 97.0 Å². The predicted molar refractivity (Wildman–Crippen MR) is 65.4 cm³/mol. The lowest BCUT2D eigenvalue weighted by molar-refractivity contribution is 0.394. The topological polar surface area (TPSA) is 43.8 Å². The van der Waals surface area contributed by atoms with Gasteiger partial charge in [-0.25, -0.2) is 0 Å². The van der Waals surface area contributed by atoms with Gasteiger partial charge in [-0.3, -0.25) is 4.68 Å². The van der Waals surface area contributed by atoms with Crippen molar-refractivity contribution in [3.05, 3.63) is 11.9 Å². The van der Waals surface area contributed by atoms with Crippen molar-refractivity contribution in [1.29, 1.82) is 0 Å². The van der Waals surface area contributed by atoms with Crippen LogP contribution in [0.3, 0.4) is 0 Å². The summed E-state index contributed by atoms with van der Waals surface area (Å²) in [6.45, 7) is 0. The molecule has 3 nitrogen and oxygen atoms in total. The van der Waals surface area contributed by atoms with Gasteiger partial charge in [0.25, 0.3) is 0 Å². The van der Waals surface area contributed by atoms with E-state index in [0.29, 0.717) is 12.0 Å². The lowest BCUT2D eigenvalue weighted by Gasteiger charge is -2.18. The van der Waals surface area contributed by atoms with Crippen molar-refractivity contribution in [3.8, 4) is 0 Å². The highest BCUT2D eigenvalue weighted by Gasteiger charge is 2.31. The number of rotatable bonds is 2. The van der Waals surface area contributed by atoms with Crippen molar-refractivity contribution in [2.45, 2.75) is 63.3 Å². The first kappa shape index (κ1) is 10.2. The molecule has 3 rings (SSSR count). The van der Waals surface area contributed by atoms with Crippen LogP contribution in [0, 0.1) is 0 Å². The van der Waals surface area contributed by atoms with Crippen LogP contribution in [0.25, 0.3) is 0 Å². The second-order valence-corrected chi connectivity index (χ2v) is 5.35. The zero-order chi connectivity index (χ0) is 11.0. The van der Waals surface area contributed by atoms with Gasteiger partial charge in [-0.2, -0.15) is 5.10 Å². The average Bonchev–Trinajstić information content (AvgIpc) is 3.08. The second-order valence-electron chi connectivity index (χ2n) is 5.35. The van der Waals surface area contributed by atoms with Gasteiger partial charge in [0, 0.05) is 5.92 Å². The van der Waals surface area contributed by atoms with Crippen molar-refractivity contribution >= 4 is 5.69 Å². The monoisotopic (exact) mass is 219 g/mol. The second kappa shape index (κ2) is 4.11. The molecular formula is C13H21N3. The average molecular weight is 219 g/mol. The lowest BCUT2D eigenvalue weighted by Crippen LogP contribution is -2.13. The predicted octanol–water partition coefficient (Wildman–Crippen LogP) is 3.24. The Hall–Kier alpha value is -0.990. The highest BCUT2D eigenvalue weighted by Crippen LogP contribution is 2.44. The minimum Gasteiger partial charge on any atom is -0.396 e. The first-order valence-electron chi connectivity index (χ1n) is 6.69. The largest absolute Gasteiger partial charge is 0.396 e. The van der Waals surface area contributed by atoms with Crippen molar-refractivity contribution in [1.82, 2.24) is 9.78 Å². The van der Waals surface area contributed by atoms with E-state index < -0.39 is 0 Å². The molecule has 0 unspecified atom stereocenters. The van der Waals surface area contributed by atoms with Crippen LogP contribution in [0.1, 0.15) is 69.0 Å². The van der Waals surface area contributed by atoms with E-state index in [9.17, 15) is 0 Å². The Bertz CT molecular complexity index is 357. The molecule has 2 aliphatic rings. The number of nitrogens with two attached hydrogens (primary N) is 1. The lowest BCUT2D eigenvalue weighted by atomic mass is 10.1. The molecule has 0 aliphatic heterocycles. The van der Waals surface area contributed by atoms with E-state index in [1.807, 2.05) is 6.20 Å².